The van der Waals surface area contributed by atoms with Gasteiger partial charge in [0.1, 0.15) is 17.5 Å². The maximum absolute atomic E-state index is 13.5. The largest absolute Gasteiger partial charge is 0.497 e. The van der Waals surface area contributed by atoms with Crippen molar-refractivity contribution in [2.24, 2.45) is 0 Å². The highest BCUT2D eigenvalue weighted by Gasteiger charge is 2.47. The smallest absolute Gasteiger partial charge is 0.268 e. The number of amides is 3. The highest BCUT2D eigenvalue weighted by molar-refractivity contribution is 6.04. The molecule has 1 aliphatic heterocycles. The van der Waals surface area contributed by atoms with E-state index in [0.717, 1.165) is 4.90 Å². The summed E-state index contributed by atoms with van der Waals surface area (Å²) >= 11 is 0. The van der Waals surface area contributed by atoms with E-state index in [9.17, 15) is 23.2 Å². The highest BCUT2D eigenvalue weighted by Crippen LogP contribution is 2.31. The third kappa shape index (κ3) is 6.16. The van der Waals surface area contributed by atoms with Gasteiger partial charge in [-0.3, -0.25) is 19.4 Å². The van der Waals surface area contributed by atoms with Crippen molar-refractivity contribution in [1.82, 2.24) is 15.2 Å². The average Bonchev–Trinajstić information content (AvgIpc) is 3.16. The Balaban J connectivity index is 1.56. The van der Waals surface area contributed by atoms with Crippen LogP contribution in [0.1, 0.15) is 16.8 Å². The molecule has 0 spiro atoms. The van der Waals surface area contributed by atoms with Crippen molar-refractivity contribution in [1.29, 1.82) is 5.26 Å². The first-order chi connectivity index (χ1) is 16.2. The zero-order valence-electron chi connectivity index (χ0n) is 18.1. The molecule has 1 aromatic heterocycles. The Morgan fingerprint density at radius 3 is 2.62 bits per heavy atom. The Bertz CT molecular complexity index is 1100. The molecule has 10 nitrogen and oxygen atoms in total. The van der Waals surface area contributed by atoms with Crippen molar-refractivity contribution in [3.63, 3.8) is 0 Å². The molecule has 2 heterocycles. The Kier molecular flexibility index (Phi) is 7.57. The molecule has 1 fully saturated rings. The van der Waals surface area contributed by atoms with Crippen molar-refractivity contribution in [3.8, 4) is 17.6 Å². The van der Waals surface area contributed by atoms with Crippen molar-refractivity contribution >= 4 is 23.4 Å². The van der Waals surface area contributed by atoms with E-state index in [0.29, 0.717) is 11.5 Å². The number of nitrogens with one attached hydrogen (secondary N) is 2. The minimum absolute atomic E-state index is 0.00387. The molecule has 178 valence electrons. The lowest BCUT2D eigenvalue weighted by atomic mass is 10.2. The number of hydrogen-bond acceptors (Lipinski definition) is 7. The standard InChI is InChI=1S/C22H21F2N5O5/c1-33-15-2-4-16(5-3-15)34-12-19(30)28-18-10-26-7-6-17(18)21(32)27-11-20(31)29-13-22(23,24)8-14(29)9-25/h2-7,10,14H,8,11-13H2,1H3,(H,27,32)(H,28,30)/t14-/m0/s1. The number of aromatic nitrogens is 1. The van der Waals surface area contributed by atoms with Crippen LogP contribution in [0.3, 0.4) is 0 Å². The summed E-state index contributed by atoms with van der Waals surface area (Å²) in [7, 11) is 1.52. The zero-order valence-corrected chi connectivity index (χ0v) is 18.1. The number of anilines is 1. The van der Waals surface area contributed by atoms with Crippen LogP contribution in [-0.2, 0) is 9.59 Å². The van der Waals surface area contributed by atoms with Gasteiger partial charge in [-0.05, 0) is 30.3 Å². The number of carbonyl (C=O) groups excluding carboxylic acids is 3. The van der Waals surface area contributed by atoms with Gasteiger partial charge in [-0.2, -0.15) is 5.26 Å². The number of nitriles is 1. The fourth-order valence-corrected chi connectivity index (χ4v) is 3.25. The lowest BCUT2D eigenvalue weighted by Crippen LogP contribution is -2.43. The number of alkyl halides is 2. The molecule has 1 aliphatic rings. The molecule has 1 atom stereocenters. The fraction of sp³-hybridized carbons (Fsp3) is 0.318. The summed E-state index contributed by atoms with van der Waals surface area (Å²) in [4.78, 5) is 41.7. The van der Waals surface area contributed by atoms with Crippen LogP contribution in [0.5, 0.6) is 11.5 Å². The first-order valence-corrected chi connectivity index (χ1v) is 10.1. The summed E-state index contributed by atoms with van der Waals surface area (Å²) in [6.45, 7) is -1.83. The van der Waals surface area contributed by atoms with E-state index in [-0.39, 0.29) is 17.9 Å². The van der Waals surface area contributed by atoms with Crippen molar-refractivity contribution in [2.75, 3.05) is 32.1 Å². The fourth-order valence-electron chi connectivity index (χ4n) is 3.25. The second-order valence-electron chi connectivity index (χ2n) is 7.34. The molecule has 1 saturated heterocycles. The maximum atomic E-state index is 13.5. The van der Waals surface area contributed by atoms with Crippen molar-refractivity contribution in [2.45, 2.75) is 18.4 Å². The van der Waals surface area contributed by atoms with Crippen LogP contribution in [0, 0.1) is 11.3 Å². The average molecular weight is 473 g/mol. The van der Waals surface area contributed by atoms with Gasteiger partial charge in [-0.25, -0.2) is 8.78 Å². The number of carbonyl (C=O) groups is 3. The molecular weight excluding hydrogens is 452 g/mol. The minimum Gasteiger partial charge on any atom is -0.497 e. The molecule has 2 aromatic rings. The number of methoxy groups -OCH3 is 1. The number of pyridine rings is 1. The van der Waals surface area contributed by atoms with E-state index in [1.807, 2.05) is 0 Å². The minimum atomic E-state index is -3.16. The van der Waals surface area contributed by atoms with Crippen molar-refractivity contribution in [3.05, 3.63) is 48.3 Å². The Labute approximate surface area is 193 Å². The van der Waals surface area contributed by atoms with Crippen molar-refractivity contribution < 1.29 is 32.6 Å². The van der Waals surface area contributed by atoms with Crippen LogP contribution in [0.4, 0.5) is 14.5 Å². The van der Waals surface area contributed by atoms with Gasteiger partial charge in [-0.15, -0.1) is 0 Å². The summed E-state index contributed by atoms with van der Waals surface area (Å²) in [5, 5.41) is 13.8. The molecule has 1 aromatic carbocycles. The van der Waals surface area contributed by atoms with Crippen LogP contribution in [0.2, 0.25) is 0 Å². The highest BCUT2D eigenvalue weighted by atomic mass is 19.3. The zero-order chi connectivity index (χ0) is 24.7. The molecule has 3 rings (SSSR count). The van der Waals surface area contributed by atoms with E-state index in [2.05, 4.69) is 15.6 Å². The monoisotopic (exact) mass is 473 g/mol. The van der Waals surface area contributed by atoms with Crippen LogP contribution < -0.4 is 20.1 Å². The van der Waals surface area contributed by atoms with E-state index >= 15 is 0 Å². The summed E-state index contributed by atoms with van der Waals surface area (Å²) < 4.78 is 37.5. The number of ether oxygens (including phenoxy) is 2. The third-order valence-electron chi connectivity index (χ3n) is 4.91. The van der Waals surface area contributed by atoms with Crippen LogP contribution >= 0.6 is 0 Å². The molecular formula is C22H21F2N5O5. The Morgan fingerprint density at radius 1 is 1.24 bits per heavy atom. The van der Waals surface area contributed by atoms with E-state index < -0.39 is 49.2 Å². The van der Waals surface area contributed by atoms with Gasteiger partial charge in [0.05, 0.1) is 43.7 Å². The first kappa shape index (κ1) is 24.4. The molecule has 0 unspecified atom stereocenters. The second-order valence-corrected chi connectivity index (χ2v) is 7.34. The Morgan fingerprint density at radius 2 is 1.94 bits per heavy atom. The quantitative estimate of drug-likeness (QED) is 0.595. The topological polar surface area (TPSA) is 134 Å². The molecule has 3 amide bonds. The maximum Gasteiger partial charge on any atom is 0.268 e. The SMILES string of the molecule is COc1ccc(OCC(=O)Nc2cnccc2C(=O)NCC(=O)N2CC(F)(F)C[C@H]2C#N)cc1. The predicted molar refractivity (Wildman–Crippen MR) is 114 cm³/mol. The lowest BCUT2D eigenvalue weighted by molar-refractivity contribution is -0.131. The predicted octanol–water partition coefficient (Wildman–Crippen LogP) is 1.60. The number of likely N-dealkylation sites (tertiary alicyclic amines) is 1. The first-order valence-electron chi connectivity index (χ1n) is 10.1. The number of hydrogen-bond donors (Lipinski definition) is 2. The van der Waals surface area contributed by atoms with Gasteiger partial charge in [-0.1, -0.05) is 0 Å². The number of benzene rings is 1. The summed E-state index contributed by atoms with van der Waals surface area (Å²) in [6, 6.07) is 8.31. The summed E-state index contributed by atoms with van der Waals surface area (Å²) in [6.07, 6.45) is 1.81. The van der Waals surface area contributed by atoms with Crippen LogP contribution in [0.25, 0.3) is 0 Å². The van der Waals surface area contributed by atoms with E-state index in [1.165, 1.54) is 25.6 Å². The molecule has 0 aliphatic carbocycles. The molecule has 0 bridgehead atoms. The van der Waals surface area contributed by atoms with Gasteiger partial charge in [0, 0.05) is 12.6 Å². The second kappa shape index (κ2) is 10.6. The Hall–Kier alpha value is -4.27. The summed E-state index contributed by atoms with van der Waals surface area (Å²) in [5.74, 6) is -4.21. The third-order valence-corrected chi connectivity index (χ3v) is 4.91. The molecule has 0 saturated carbocycles. The van der Waals surface area contributed by atoms with Crippen LogP contribution in [0.15, 0.2) is 42.7 Å². The molecule has 34 heavy (non-hydrogen) atoms. The molecule has 0 radical (unpaired) electrons. The van der Waals surface area contributed by atoms with Gasteiger partial charge >= 0.3 is 0 Å². The molecule has 12 heteroatoms. The summed E-state index contributed by atoms with van der Waals surface area (Å²) in [5.41, 5.74) is 0.0718. The normalized spacial score (nSPS) is 16.3. The van der Waals surface area contributed by atoms with E-state index in [1.54, 1.807) is 30.3 Å². The van der Waals surface area contributed by atoms with Gasteiger partial charge < -0.3 is 25.0 Å². The molecule has 2 N–H and O–H groups in total. The number of halogens is 2. The van der Waals surface area contributed by atoms with Crippen LogP contribution in [-0.4, -0.2) is 66.4 Å². The van der Waals surface area contributed by atoms with Gasteiger partial charge in [0.15, 0.2) is 6.61 Å². The number of nitrogens with zero attached hydrogens (tertiary/aromatic N) is 3. The van der Waals surface area contributed by atoms with E-state index in [4.69, 9.17) is 14.7 Å². The van der Waals surface area contributed by atoms with Gasteiger partial charge in [0.25, 0.3) is 17.7 Å². The lowest BCUT2D eigenvalue weighted by Gasteiger charge is -2.19. The van der Waals surface area contributed by atoms with Gasteiger partial charge in [0.2, 0.25) is 5.91 Å². The number of rotatable bonds is 8.